The Kier molecular flexibility index (Phi) is 7.83. The quantitative estimate of drug-likeness (QED) is 0.418. The number of alkyl halides is 3. The van der Waals surface area contributed by atoms with E-state index in [1.165, 1.54) is 0 Å². The summed E-state index contributed by atoms with van der Waals surface area (Å²) in [6.07, 6.45) is -5.08. The number of hydrogen-bond donors (Lipinski definition) is 4. The van der Waals surface area contributed by atoms with Crippen molar-refractivity contribution >= 4 is 34.8 Å². The summed E-state index contributed by atoms with van der Waals surface area (Å²) in [5, 5.41) is 38.2. The molecule has 0 saturated carbocycles. The number of rotatable bonds is 7. The molecule has 0 radical (unpaired) electrons. The van der Waals surface area contributed by atoms with Crippen molar-refractivity contribution in [1.29, 1.82) is 0 Å². The summed E-state index contributed by atoms with van der Waals surface area (Å²) >= 11 is 17.6. The Labute approximate surface area is 155 Å². The average molecular weight is 410 g/mol. The Bertz CT molecular complexity index is 403. The molecular weight excluding hydrogens is 387 g/mol. The van der Waals surface area contributed by atoms with Crippen molar-refractivity contribution in [2.75, 3.05) is 31.6 Å². The van der Waals surface area contributed by atoms with Crippen molar-refractivity contribution in [2.24, 2.45) is 0 Å². The van der Waals surface area contributed by atoms with Crippen LogP contribution in [0.2, 0.25) is 0 Å². The fourth-order valence-electron chi connectivity index (χ4n) is 2.96. The van der Waals surface area contributed by atoms with Crippen LogP contribution in [0.5, 0.6) is 0 Å². The van der Waals surface area contributed by atoms with E-state index in [-0.39, 0.29) is 38.0 Å². The molecule has 2 rings (SSSR count). The predicted molar refractivity (Wildman–Crippen MR) is 87.9 cm³/mol. The highest BCUT2D eigenvalue weighted by Gasteiger charge is 2.47. The summed E-state index contributed by atoms with van der Waals surface area (Å²) in [5.74, 6) is 0.253. The van der Waals surface area contributed by atoms with E-state index in [1.807, 2.05) is 0 Å². The van der Waals surface area contributed by atoms with E-state index in [9.17, 15) is 20.4 Å². The maximum Gasteiger partial charge on any atom is 0.110 e. The minimum absolute atomic E-state index is 0.0536. The van der Waals surface area contributed by atoms with Gasteiger partial charge < -0.3 is 34.6 Å². The van der Waals surface area contributed by atoms with Crippen molar-refractivity contribution < 1.29 is 34.6 Å². The average Bonchev–Trinajstić information content (AvgIpc) is 2.91. The van der Waals surface area contributed by atoms with Crippen LogP contribution in [0, 0.1) is 0 Å². The lowest BCUT2D eigenvalue weighted by atomic mass is 9.97. The first kappa shape index (κ1) is 20.9. The Hall–Kier alpha value is 0.590. The molecule has 2 saturated heterocycles. The second-order valence-electron chi connectivity index (χ2n) is 6.24. The minimum Gasteiger partial charge on any atom is -0.394 e. The summed E-state index contributed by atoms with van der Waals surface area (Å²) in [4.78, 5) is 0. The monoisotopic (exact) mass is 408 g/mol. The molecule has 0 amide bonds. The first-order valence-electron chi connectivity index (χ1n) is 7.69. The van der Waals surface area contributed by atoms with E-state index >= 15 is 0 Å². The number of halogens is 3. The van der Waals surface area contributed by atoms with E-state index in [0.29, 0.717) is 0 Å². The number of aliphatic hydroxyl groups is 4. The standard InChI is InChI=1S/C14H23Cl3O7/c15-2-8-7(19)1-14(5-16,24-8)6-22-4-10-12(20)13(21)11(17)9(3-18)23-10/h7-13,18-21H,1-6H2/t7?,8-,9?,10-,11-,12?,13?,14+/m1/s1. The third kappa shape index (κ3) is 4.46. The minimum atomic E-state index is -1.24. The molecule has 4 unspecified atom stereocenters. The van der Waals surface area contributed by atoms with Crippen LogP contribution in [0.3, 0.4) is 0 Å². The molecule has 2 aliphatic heterocycles. The normalized spacial score (nSPS) is 46.4. The van der Waals surface area contributed by atoms with Crippen molar-refractivity contribution in [3.8, 4) is 0 Å². The summed E-state index contributed by atoms with van der Waals surface area (Å²) < 4.78 is 16.7. The topological polar surface area (TPSA) is 109 Å². The highest BCUT2D eigenvalue weighted by molar-refractivity contribution is 6.21. The number of hydrogen-bond acceptors (Lipinski definition) is 7. The molecule has 2 fully saturated rings. The molecule has 4 N–H and O–H groups in total. The smallest absolute Gasteiger partial charge is 0.110 e. The fraction of sp³-hybridized carbons (Fsp3) is 1.00. The molecule has 0 aromatic carbocycles. The van der Waals surface area contributed by atoms with Gasteiger partial charge in [0, 0.05) is 6.42 Å². The first-order valence-corrected chi connectivity index (χ1v) is 9.20. The largest absolute Gasteiger partial charge is 0.394 e. The third-order valence-electron chi connectivity index (χ3n) is 4.40. The Morgan fingerprint density at radius 3 is 2.33 bits per heavy atom. The molecule has 0 bridgehead atoms. The van der Waals surface area contributed by atoms with Gasteiger partial charge in [0.05, 0.1) is 49.2 Å². The van der Waals surface area contributed by atoms with Crippen LogP contribution in [-0.2, 0) is 14.2 Å². The van der Waals surface area contributed by atoms with E-state index in [0.717, 1.165) is 0 Å². The lowest BCUT2D eigenvalue weighted by molar-refractivity contribution is -0.195. The van der Waals surface area contributed by atoms with Gasteiger partial charge >= 0.3 is 0 Å². The molecule has 0 aliphatic carbocycles. The van der Waals surface area contributed by atoms with Gasteiger partial charge in [-0.1, -0.05) is 0 Å². The summed E-state index contributed by atoms with van der Waals surface area (Å²) in [5.41, 5.74) is -0.871. The van der Waals surface area contributed by atoms with Crippen LogP contribution in [0.1, 0.15) is 6.42 Å². The van der Waals surface area contributed by atoms with E-state index in [4.69, 9.17) is 49.0 Å². The fourth-order valence-corrected chi connectivity index (χ4v) is 3.77. The zero-order valence-electron chi connectivity index (χ0n) is 12.9. The van der Waals surface area contributed by atoms with Gasteiger partial charge in [-0.3, -0.25) is 0 Å². The molecule has 2 aliphatic rings. The third-order valence-corrected chi connectivity index (χ3v) is 5.73. The van der Waals surface area contributed by atoms with Gasteiger partial charge in [-0.2, -0.15) is 0 Å². The first-order chi connectivity index (χ1) is 11.4. The SMILES string of the molecule is OCC1O[C@H](COC[C@@]2(CCl)CC(O)[C@@H](CCl)O2)C(O)C(O)[C@@H]1Cl. The van der Waals surface area contributed by atoms with Crippen LogP contribution in [0.25, 0.3) is 0 Å². The van der Waals surface area contributed by atoms with Gasteiger partial charge in [-0.15, -0.1) is 34.8 Å². The molecule has 0 aromatic heterocycles. The molecule has 2 heterocycles. The molecule has 0 spiro atoms. The van der Waals surface area contributed by atoms with Crippen molar-refractivity contribution in [2.45, 2.75) is 54.0 Å². The van der Waals surface area contributed by atoms with Gasteiger partial charge in [-0.25, -0.2) is 0 Å². The van der Waals surface area contributed by atoms with Gasteiger partial charge in [0.25, 0.3) is 0 Å². The van der Waals surface area contributed by atoms with E-state index in [2.05, 4.69) is 0 Å². The zero-order valence-corrected chi connectivity index (χ0v) is 15.2. The molecule has 10 heteroatoms. The van der Waals surface area contributed by atoms with Crippen molar-refractivity contribution in [1.82, 2.24) is 0 Å². The second-order valence-corrected chi connectivity index (χ2v) is 7.31. The van der Waals surface area contributed by atoms with Crippen molar-refractivity contribution in [3.63, 3.8) is 0 Å². The molecule has 8 atom stereocenters. The lowest BCUT2D eigenvalue weighted by Gasteiger charge is -2.40. The molecule has 24 heavy (non-hydrogen) atoms. The lowest BCUT2D eigenvalue weighted by Crippen LogP contribution is -2.58. The van der Waals surface area contributed by atoms with Crippen LogP contribution in [-0.4, -0.2) is 99.6 Å². The molecular formula is C14H23Cl3O7. The van der Waals surface area contributed by atoms with Gasteiger partial charge in [0.2, 0.25) is 0 Å². The molecule has 142 valence electrons. The maximum absolute atomic E-state index is 10.0. The highest BCUT2D eigenvalue weighted by Crippen LogP contribution is 2.33. The Morgan fingerprint density at radius 2 is 1.79 bits per heavy atom. The van der Waals surface area contributed by atoms with Crippen LogP contribution >= 0.6 is 34.8 Å². The van der Waals surface area contributed by atoms with Crippen LogP contribution in [0.4, 0.5) is 0 Å². The number of ether oxygens (including phenoxy) is 3. The second kappa shape index (κ2) is 8.99. The van der Waals surface area contributed by atoms with Crippen LogP contribution in [0.15, 0.2) is 0 Å². The highest BCUT2D eigenvalue weighted by atomic mass is 35.5. The summed E-state index contributed by atoms with van der Waals surface area (Å²) in [6.45, 7) is -0.369. The van der Waals surface area contributed by atoms with E-state index < -0.39 is 47.6 Å². The van der Waals surface area contributed by atoms with Gasteiger partial charge in [-0.05, 0) is 0 Å². The molecule has 0 aromatic rings. The van der Waals surface area contributed by atoms with Gasteiger partial charge in [0.1, 0.15) is 30.0 Å². The van der Waals surface area contributed by atoms with Gasteiger partial charge in [0.15, 0.2) is 0 Å². The summed E-state index contributed by atoms with van der Waals surface area (Å²) in [7, 11) is 0. The van der Waals surface area contributed by atoms with Crippen molar-refractivity contribution in [3.05, 3.63) is 0 Å². The Balaban J connectivity index is 1.88. The van der Waals surface area contributed by atoms with E-state index in [1.54, 1.807) is 0 Å². The maximum atomic E-state index is 10.0. The zero-order chi connectivity index (χ0) is 17.9. The molecule has 7 nitrogen and oxygen atoms in total. The Morgan fingerprint density at radius 1 is 1.08 bits per heavy atom. The number of aliphatic hydroxyl groups excluding tert-OH is 4. The predicted octanol–water partition coefficient (Wildman–Crippen LogP) is -0.542. The summed E-state index contributed by atoms with van der Waals surface area (Å²) in [6, 6.07) is 0. The van der Waals surface area contributed by atoms with Crippen LogP contribution < -0.4 is 0 Å².